The molecule has 58 valence electrons. The lowest BCUT2D eigenvalue weighted by atomic mass is 10.1. The van der Waals surface area contributed by atoms with Crippen LogP contribution in [0.5, 0.6) is 0 Å². The van der Waals surface area contributed by atoms with Crippen molar-refractivity contribution in [3.05, 3.63) is 42.2 Å². The summed E-state index contributed by atoms with van der Waals surface area (Å²) in [6.45, 7) is 3.67. The summed E-state index contributed by atoms with van der Waals surface area (Å²) >= 11 is 5.69. The Bertz CT molecular complexity index is 245. The Hall–Kier alpha value is -0.820. The normalized spacial score (nSPS) is 9.55. The molecule has 0 bridgehead atoms. The van der Waals surface area contributed by atoms with Gasteiger partial charge in [-0.05, 0) is 23.6 Å². The average Bonchev–Trinajstić information content (AvgIpc) is 2.06. The van der Waals surface area contributed by atoms with Crippen LogP contribution in [0.15, 0.2) is 31.1 Å². The van der Waals surface area contributed by atoms with Gasteiger partial charge in [-0.3, -0.25) is 4.98 Å². The fraction of sp³-hybridized carbons (Fsp3) is 0.222. The monoisotopic (exact) mass is 167 g/mol. The summed E-state index contributed by atoms with van der Waals surface area (Å²) in [6.07, 6.45) is 6.30. The van der Waals surface area contributed by atoms with Crippen LogP contribution in [-0.2, 0) is 12.3 Å². The van der Waals surface area contributed by atoms with Crippen molar-refractivity contribution < 1.29 is 0 Å². The molecule has 0 aliphatic rings. The highest BCUT2D eigenvalue weighted by molar-refractivity contribution is 6.17. The molecule has 1 rings (SSSR count). The molecule has 0 saturated carbocycles. The van der Waals surface area contributed by atoms with E-state index in [2.05, 4.69) is 11.6 Å². The minimum Gasteiger partial charge on any atom is -0.264 e. The second-order valence-corrected chi connectivity index (χ2v) is 2.54. The van der Waals surface area contributed by atoms with Gasteiger partial charge < -0.3 is 0 Å². The number of hydrogen-bond donors (Lipinski definition) is 0. The number of aromatic nitrogens is 1. The van der Waals surface area contributed by atoms with Crippen LogP contribution in [0.2, 0.25) is 0 Å². The second kappa shape index (κ2) is 4.14. The smallest absolute Gasteiger partial charge is 0.0492 e. The van der Waals surface area contributed by atoms with Gasteiger partial charge in [0.25, 0.3) is 0 Å². The molecule has 0 atom stereocenters. The van der Waals surface area contributed by atoms with Gasteiger partial charge >= 0.3 is 0 Å². The molecular weight excluding hydrogens is 158 g/mol. The lowest BCUT2D eigenvalue weighted by Gasteiger charge is -2.01. The van der Waals surface area contributed by atoms with Crippen LogP contribution in [0.1, 0.15) is 11.1 Å². The zero-order valence-corrected chi connectivity index (χ0v) is 7.01. The van der Waals surface area contributed by atoms with Gasteiger partial charge in [-0.1, -0.05) is 6.08 Å². The lowest BCUT2D eigenvalue weighted by Crippen LogP contribution is -1.90. The van der Waals surface area contributed by atoms with E-state index in [0.29, 0.717) is 5.88 Å². The summed E-state index contributed by atoms with van der Waals surface area (Å²) in [4.78, 5) is 3.98. The molecule has 0 unspecified atom stereocenters. The Morgan fingerprint density at radius 3 is 3.00 bits per heavy atom. The van der Waals surface area contributed by atoms with E-state index in [0.717, 1.165) is 12.0 Å². The second-order valence-electron chi connectivity index (χ2n) is 2.27. The first-order valence-electron chi connectivity index (χ1n) is 3.47. The lowest BCUT2D eigenvalue weighted by molar-refractivity contribution is 1.14. The first-order chi connectivity index (χ1) is 5.38. The Kier molecular flexibility index (Phi) is 3.12. The summed E-state index contributed by atoms with van der Waals surface area (Å²) in [5, 5.41) is 0. The van der Waals surface area contributed by atoms with Crippen molar-refractivity contribution in [3.8, 4) is 0 Å². The maximum atomic E-state index is 5.69. The molecule has 1 aromatic heterocycles. The first-order valence-corrected chi connectivity index (χ1v) is 4.00. The van der Waals surface area contributed by atoms with Crippen molar-refractivity contribution in [3.63, 3.8) is 0 Å². The Morgan fingerprint density at radius 2 is 2.36 bits per heavy atom. The van der Waals surface area contributed by atoms with E-state index in [1.807, 2.05) is 12.1 Å². The molecular formula is C9H10ClN. The molecule has 0 spiro atoms. The van der Waals surface area contributed by atoms with E-state index < -0.39 is 0 Å². The predicted octanol–water partition coefficient (Wildman–Crippen LogP) is 2.55. The largest absolute Gasteiger partial charge is 0.264 e. The van der Waals surface area contributed by atoms with Crippen LogP contribution < -0.4 is 0 Å². The zero-order valence-electron chi connectivity index (χ0n) is 6.26. The van der Waals surface area contributed by atoms with Crippen molar-refractivity contribution in [2.75, 3.05) is 0 Å². The van der Waals surface area contributed by atoms with Crippen LogP contribution in [0, 0.1) is 0 Å². The quantitative estimate of drug-likeness (QED) is 0.498. The average molecular weight is 168 g/mol. The SMILES string of the molecule is C=CCc1ccncc1CCl. The maximum Gasteiger partial charge on any atom is 0.0492 e. The third-order valence-electron chi connectivity index (χ3n) is 1.51. The van der Waals surface area contributed by atoms with Crippen molar-refractivity contribution in [1.29, 1.82) is 0 Å². The molecule has 1 heterocycles. The van der Waals surface area contributed by atoms with Crippen LogP contribution in [0.25, 0.3) is 0 Å². The molecule has 0 radical (unpaired) electrons. The topological polar surface area (TPSA) is 12.9 Å². The van der Waals surface area contributed by atoms with E-state index in [-0.39, 0.29) is 0 Å². The van der Waals surface area contributed by atoms with E-state index in [9.17, 15) is 0 Å². The van der Waals surface area contributed by atoms with Gasteiger partial charge in [0.2, 0.25) is 0 Å². The minimum atomic E-state index is 0.525. The summed E-state index contributed by atoms with van der Waals surface area (Å²) in [5.41, 5.74) is 2.30. The Morgan fingerprint density at radius 1 is 1.55 bits per heavy atom. The standard InChI is InChI=1S/C9H10ClN/c1-2-3-8-4-5-11-7-9(8)6-10/h2,4-5,7H,1,3,6H2. The number of allylic oxidation sites excluding steroid dienone is 1. The zero-order chi connectivity index (χ0) is 8.10. The molecule has 0 amide bonds. The minimum absolute atomic E-state index is 0.525. The van der Waals surface area contributed by atoms with Gasteiger partial charge in [-0.15, -0.1) is 18.2 Å². The van der Waals surface area contributed by atoms with Crippen molar-refractivity contribution >= 4 is 11.6 Å². The van der Waals surface area contributed by atoms with Gasteiger partial charge in [0.15, 0.2) is 0 Å². The van der Waals surface area contributed by atoms with Crippen molar-refractivity contribution in [2.45, 2.75) is 12.3 Å². The number of rotatable bonds is 3. The molecule has 0 aliphatic carbocycles. The molecule has 1 nitrogen and oxygen atoms in total. The van der Waals surface area contributed by atoms with Crippen molar-refractivity contribution in [1.82, 2.24) is 4.98 Å². The number of halogens is 1. The number of hydrogen-bond acceptors (Lipinski definition) is 1. The van der Waals surface area contributed by atoms with Crippen LogP contribution in [-0.4, -0.2) is 4.98 Å². The molecule has 0 fully saturated rings. The summed E-state index contributed by atoms with van der Waals surface area (Å²) in [7, 11) is 0. The molecule has 2 heteroatoms. The predicted molar refractivity (Wildman–Crippen MR) is 47.7 cm³/mol. The molecule has 0 saturated heterocycles. The first kappa shape index (κ1) is 8.28. The summed E-state index contributed by atoms with van der Waals surface area (Å²) < 4.78 is 0. The van der Waals surface area contributed by atoms with E-state index in [1.54, 1.807) is 12.4 Å². The molecule has 0 aliphatic heterocycles. The third-order valence-corrected chi connectivity index (χ3v) is 1.80. The molecule has 0 N–H and O–H groups in total. The molecule has 0 aromatic carbocycles. The third kappa shape index (κ3) is 2.05. The van der Waals surface area contributed by atoms with Crippen LogP contribution >= 0.6 is 11.6 Å². The Labute approximate surface area is 71.7 Å². The molecule has 1 aromatic rings. The highest BCUT2D eigenvalue weighted by Gasteiger charge is 1.97. The fourth-order valence-corrected chi connectivity index (χ4v) is 1.17. The van der Waals surface area contributed by atoms with Gasteiger partial charge in [-0.2, -0.15) is 0 Å². The van der Waals surface area contributed by atoms with Gasteiger partial charge in [0, 0.05) is 18.3 Å². The maximum absolute atomic E-state index is 5.69. The van der Waals surface area contributed by atoms with E-state index >= 15 is 0 Å². The number of alkyl halides is 1. The van der Waals surface area contributed by atoms with Gasteiger partial charge in [-0.25, -0.2) is 0 Å². The van der Waals surface area contributed by atoms with Crippen LogP contribution in [0.3, 0.4) is 0 Å². The highest BCUT2D eigenvalue weighted by Crippen LogP contribution is 2.10. The number of pyridine rings is 1. The van der Waals surface area contributed by atoms with E-state index in [4.69, 9.17) is 11.6 Å². The summed E-state index contributed by atoms with van der Waals surface area (Å²) in [6, 6.07) is 1.97. The fourth-order valence-electron chi connectivity index (χ4n) is 0.931. The van der Waals surface area contributed by atoms with Gasteiger partial charge in [0.05, 0.1) is 0 Å². The van der Waals surface area contributed by atoms with E-state index in [1.165, 1.54) is 5.56 Å². The molecule has 11 heavy (non-hydrogen) atoms. The van der Waals surface area contributed by atoms with Crippen LogP contribution in [0.4, 0.5) is 0 Å². The van der Waals surface area contributed by atoms with Crippen molar-refractivity contribution in [2.24, 2.45) is 0 Å². The summed E-state index contributed by atoms with van der Waals surface area (Å²) in [5.74, 6) is 0.525. The highest BCUT2D eigenvalue weighted by atomic mass is 35.5. The van der Waals surface area contributed by atoms with Gasteiger partial charge in [0.1, 0.15) is 0 Å². The Balaban J connectivity index is 2.92. The number of nitrogens with zero attached hydrogens (tertiary/aromatic N) is 1.